The summed E-state index contributed by atoms with van der Waals surface area (Å²) >= 11 is 0. The first-order valence-electron chi connectivity index (χ1n) is 6.64. The maximum absolute atomic E-state index is 10.1. The zero-order chi connectivity index (χ0) is 11.7. The number of likely N-dealkylation sites (tertiary alicyclic amines) is 1. The number of hydrogen-bond donors (Lipinski definition) is 1. The minimum absolute atomic E-state index is 0.158. The summed E-state index contributed by atoms with van der Waals surface area (Å²) in [6, 6.07) is 4.38. The molecule has 3 heteroatoms. The van der Waals surface area contributed by atoms with Gasteiger partial charge in [0.2, 0.25) is 0 Å². The van der Waals surface area contributed by atoms with Gasteiger partial charge in [-0.2, -0.15) is 0 Å². The van der Waals surface area contributed by atoms with Crippen LogP contribution in [0.1, 0.15) is 24.8 Å². The van der Waals surface area contributed by atoms with Gasteiger partial charge in [0.15, 0.2) is 0 Å². The van der Waals surface area contributed by atoms with Gasteiger partial charge in [0.05, 0.1) is 6.10 Å². The van der Waals surface area contributed by atoms with Gasteiger partial charge in [-0.1, -0.05) is 6.07 Å². The van der Waals surface area contributed by atoms with Crippen LogP contribution in [0.4, 0.5) is 0 Å². The van der Waals surface area contributed by atoms with Gasteiger partial charge in [-0.05, 0) is 43.2 Å². The molecule has 1 aliphatic carbocycles. The first kappa shape index (κ1) is 11.2. The Hall–Kier alpha value is -0.930. The van der Waals surface area contributed by atoms with Crippen molar-refractivity contribution in [3.8, 4) is 0 Å². The number of aromatic nitrogens is 1. The third-order valence-corrected chi connectivity index (χ3v) is 3.98. The van der Waals surface area contributed by atoms with E-state index in [-0.39, 0.29) is 6.10 Å². The molecular weight excluding hydrogens is 212 g/mol. The van der Waals surface area contributed by atoms with Crippen LogP contribution in [0.3, 0.4) is 0 Å². The topological polar surface area (TPSA) is 36.4 Å². The molecule has 1 aliphatic heterocycles. The Morgan fingerprint density at radius 1 is 1.35 bits per heavy atom. The van der Waals surface area contributed by atoms with E-state index in [0.29, 0.717) is 6.04 Å². The van der Waals surface area contributed by atoms with Crippen molar-refractivity contribution in [2.75, 3.05) is 13.1 Å². The monoisotopic (exact) mass is 232 g/mol. The van der Waals surface area contributed by atoms with E-state index < -0.39 is 0 Å². The highest BCUT2D eigenvalue weighted by Crippen LogP contribution is 2.33. The van der Waals surface area contributed by atoms with Crippen LogP contribution in [0.5, 0.6) is 0 Å². The lowest BCUT2D eigenvalue weighted by Crippen LogP contribution is -2.38. The molecule has 2 atom stereocenters. The molecule has 0 aromatic carbocycles. The van der Waals surface area contributed by atoms with Crippen molar-refractivity contribution in [3.63, 3.8) is 0 Å². The van der Waals surface area contributed by atoms with E-state index in [0.717, 1.165) is 25.3 Å². The van der Waals surface area contributed by atoms with Crippen molar-refractivity contribution in [2.45, 2.75) is 37.8 Å². The molecule has 3 nitrogen and oxygen atoms in total. The van der Waals surface area contributed by atoms with E-state index >= 15 is 0 Å². The van der Waals surface area contributed by atoms with E-state index in [1.807, 2.05) is 12.3 Å². The minimum atomic E-state index is -0.158. The molecule has 1 N–H and O–H groups in total. The molecular formula is C14H20N2O. The lowest BCUT2D eigenvalue weighted by Gasteiger charge is -2.26. The summed E-state index contributed by atoms with van der Waals surface area (Å²) in [6.07, 6.45) is 8.18. The second-order valence-corrected chi connectivity index (χ2v) is 5.43. The fourth-order valence-corrected chi connectivity index (χ4v) is 2.78. The Balaban J connectivity index is 1.66. The quantitative estimate of drug-likeness (QED) is 0.854. The molecule has 1 aromatic rings. The second kappa shape index (κ2) is 4.75. The maximum Gasteiger partial charge on any atom is 0.0710 e. The van der Waals surface area contributed by atoms with Gasteiger partial charge < -0.3 is 5.11 Å². The third kappa shape index (κ3) is 2.67. The lowest BCUT2D eigenvalue weighted by molar-refractivity contribution is 0.113. The average molecular weight is 232 g/mol. The lowest BCUT2D eigenvalue weighted by atomic mass is 10.0. The summed E-state index contributed by atoms with van der Waals surface area (Å²) in [5, 5.41) is 10.1. The van der Waals surface area contributed by atoms with Crippen molar-refractivity contribution < 1.29 is 5.11 Å². The fraction of sp³-hybridized carbons (Fsp3) is 0.643. The summed E-state index contributed by atoms with van der Waals surface area (Å²) in [7, 11) is 0. The number of hydrogen-bond acceptors (Lipinski definition) is 3. The number of rotatable bonds is 4. The van der Waals surface area contributed by atoms with E-state index in [4.69, 9.17) is 0 Å². The smallest absolute Gasteiger partial charge is 0.0710 e. The van der Waals surface area contributed by atoms with Crippen molar-refractivity contribution in [2.24, 2.45) is 5.92 Å². The van der Waals surface area contributed by atoms with Crippen molar-refractivity contribution in [1.82, 2.24) is 9.88 Å². The van der Waals surface area contributed by atoms with Gasteiger partial charge in [0.25, 0.3) is 0 Å². The Labute approximate surface area is 102 Å². The van der Waals surface area contributed by atoms with Crippen LogP contribution < -0.4 is 0 Å². The summed E-state index contributed by atoms with van der Waals surface area (Å²) < 4.78 is 0. The fourth-order valence-electron chi connectivity index (χ4n) is 2.78. The van der Waals surface area contributed by atoms with Gasteiger partial charge in [-0.15, -0.1) is 0 Å². The maximum atomic E-state index is 10.1. The van der Waals surface area contributed by atoms with Crippen molar-refractivity contribution in [1.29, 1.82) is 0 Å². The molecule has 2 heterocycles. The van der Waals surface area contributed by atoms with Crippen LogP contribution in [0.15, 0.2) is 24.5 Å². The summed E-state index contributed by atoms with van der Waals surface area (Å²) in [5.74, 6) is 0.900. The molecule has 2 fully saturated rings. The first-order chi connectivity index (χ1) is 8.33. The predicted molar refractivity (Wildman–Crippen MR) is 66.6 cm³/mol. The third-order valence-electron chi connectivity index (χ3n) is 3.98. The first-order valence-corrected chi connectivity index (χ1v) is 6.64. The Kier molecular flexibility index (Phi) is 3.12. The average Bonchev–Trinajstić information content (AvgIpc) is 3.10. The molecule has 0 spiro atoms. The molecule has 1 aromatic heterocycles. The number of pyridine rings is 1. The molecule has 17 heavy (non-hydrogen) atoms. The van der Waals surface area contributed by atoms with Crippen molar-refractivity contribution >= 4 is 0 Å². The second-order valence-electron chi connectivity index (χ2n) is 5.43. The molecule has 2 aliphatic rings. The van der Waals surface area contributed by atoms with Gasteiger partial charge in [-0.25, -0.2) is 0 Å². The van der Waals surface area contributed by atoms with E-state index in [1.165, 1.54) is 24.9 Å². The van der Waals surface area contributed by atoms with Crippen LogP contribution in [0.2, 0.25) is 0 Å². The molecule has 0 radical (unpaired) electrons. The molecule has 1 saturated carbocycles. The van der Waals surface area contributed by atoms with Gasteiger partial charge in [0, 0.05) is 31.5 Å². The van der Waals surface area contributed by atoms with E-state index in [9.17, 15) is 5.11 Å². The Morgan fingerprint density at radius 2 is 2.24 bits per heavy atom. The van der Waals surface area contributed by atoms with Crippen LogP contribution in [-0.2, 0) is 6.42 Å². The molecule has 1 saturated heterocycles. The zero-order valence-corrected chi connectivity index (χ0v) is 10.1. The van der Waals surface area contributed by atoms with Crippen LogP contribution in [0, 0.1) is 5.92 Å². The highest BCUT2D eigenvalue weighted by atomic mass is 16.3. The van der Waals surface area contributed by atoms with Gasteiger partial charge in [0.1, 0.15) is 0 Å². The highest BCUT2D eigenvalue weighted by molar-refractivity contribution is 5.12. The van der Waals surface area contributed by atoms with E-state index in [2.05, 4.69) is 16.0 Å². The predicted octanol–water partition coefficient (Wildman–Crippen LogP) is 1.47. The Morgan fingerprint density at radius 3 is 2.94 bits per heavy atom. The number of nitrogens with zero attached hydrogens (tertiary/aromatic N) is 2. The van der Waals surface area contributed by atoms with Gasteiger partial charge in [-0.3, -0.25) is 9.88 Å². The van der Waals surface area contributed by atoms with Crippen LogP contribution >= 0.6 is 0 Å². The van der Waals surface area contributed by atoms with Gasteiger partial charge >= 0.3 is 0 Å². The molecule has 0 amide bonds. The molecule has 92 valence electrons. The largest absolute Gasteiger partial charge is 0.391 e. The normalized spacial score (nSPS) is 29.7. The summed E-state index contributed by atoms with van der Waals surface area (Å²) in [5.41, 5.74) is 1.24. The van der Waals surface area contributed by atoms with Crippen molar-refractivity contribution in [3.05, 3.63) is 30.1 Å². The Bertz CT molecular complexity index is 364. The molecule has 3 rings (SSSR count). The zero-order valence-electron chi connectivity index (χ0n) is 10.1. The summed E-state index contributed by atoms with van der Waals surface area (Å²) in [6.45, 7) is 2.24. The SMILES string of the molecule is O[C@@H]1CCN(CC2CC2)[C@H]1Cc1cccnc1. The molecule has 0 bridgehead atoms. The van der Waals surface area contributed by atoms with Crippen LogP contribution in [-0.4, -0.2) is 40.2 Å². The number of aliphatic hydroxyl groups is 1. The van der Waals surface area contributed by atoms with Crippen LogP contribution in [0.25, 0.3) is 0 Å². The van der Waals surface area contributed by atoms with E-state index in [1.54, 1.807) is 6.20 Å². The highest BCUT2D eigenvalue weighted by Gasteiger charge is 2.36. The molecule has 0 unspecified atom stereocenters. The number of aliphatic hydroxyl groups excluding tert-OH is 1. The minimum Gasteiger partial charge on any atom is -0.391 e. The standard InChI is InChI=1S/C14H20N2O/c17-14-5-7-16(10-11-3-4-11)13(14)8-12-2-1-6-15-9-12/h1-2,6,9,11,13-14,17H,3-5,7-8,10H2/t13-,14+/m0/s1. The summed E-state index contributed by atoms with van der Waals surface area (Å²) in [4.78, 5) is 6.63.